The van der Waals surface area contributed by atoms with E-state index in [1.54, 1.807) is 49.9 Å². The van der Waals surface area contributed by atoms with E-state index >= 15 is 8.78 Å². The summed E-state index contributed by atoms with van der Waals surface area (Å²) in [5.74, 6) is -1.24. The molecule has 107 heavy (non-hydrogen) atoms. The molecule has 26 nitrogen and oxygen atoms in total. The zero-order valence-corrected chi connectivity index (χ0v) is 61.5. The van der Waals surface area contributed by atoms with Gasteiger partial charge in [-0.1, -0.05) is 94.5 Å². The van der Waals surface area contributed by atoms with Gasteiger partial charge in [-0.25, -0.2) is 18.4 Å². The molecule has 580 valence electrons. The van der Waals surface area contributed by atoms with E-state index in [1.165, 1.54) is 24.1 Å². The molecule has 6 aliphatic rings. The molecule has 28 heteroatoms. The Hall–Kier alpha value is -8.82. The first kappa shape index (κ1) is 82.2. The van der Waals surface area contributed by atoms with Crippen molar-refractivity contribution in [2.24, 2.45) is 40.7 Å². The third-order valence-corrected chi connectivity index (χ3v) is 21.0. The lowest BCUT2D eigenvalue weighted by Gasteiger charge is -2.59. The van der Waals surface area contributed by atoms with Crippen LogP contribution in [0.2, 0.25) is 0 Å². The van der Waals surface area contributed by atoms with Gasteiger partial charge in [0, 0.05) is 98.8 Å². The quantitative estimate of drug-likeness (QED) is 0.0184. The number of nitrogens with zero attached hydrogens (tertiary/aromatic N) is 2. The van der Waals surface area contributed by atoms with E-state index in [9.17, 15) is 53.1 Å². The standard InChI is InChI=1S/C79H101F2N7O19/c1-6-13-72-106-67-45-60-61-44-62(80)58-43-57(89)26-27-59(58)78(61,81)65(91)46-77(60,4)79(67,107-72)66(92)49-104-71(96)19-12-33-87(5)76(99)105-48-51-20-24-56(25-21-51)85-74(97)54(17-11-31-84-75(82)98)42-64(90)73(50(2)3)86-69(94)30-34-100-36-38-102-40-41-103-39-37-101-35-32-83-68(93)28-29-70(95)88-47-55-16-8-7-14-52(55)22-23-53-15-9-10-18-63(53)88/h7-10,14-16,18,20-21,24-27,43,50,54,59-62,65,67,72-73,91H,6,11-13,17,19,28-42,44-49H2,1-5H3,(H,83,93)(H,85,97)(H,86,94)(H3,82,84,98)/t54-,59?,60+,61+,62+,65+,67-,72?,73+,77+,78+,79-/m1/s1. The Morgan fingerprint density at radius 3 is 2.19 bits per heavy atom. The number of aliphatic hydroxyl groups excluding tert-OH is 1. The van der Waals surface area contributed by atoms with Crippen molar-refractivity contribution in [3.8, 4) is 11.8 Å². The van der Waals surface area contributed by atoms with Gasteiger partial charge in [0.2, 0.25) is 29.4 Å². The van der Waals surface area contributed by atoms with Gasteiger partial charge < -0.3 is 79.8 Å². The Balaban J connectivity index is 0.622. The molecule has 7 amide bonds. The molecule has 0 bridgehead atoms. The van der Waals surface area contributed by atoms with Crippen LogP contribution >= 0.6 is 0 Å². The fraction of sp³-hybridized carbons (Fsp3) is 0.570. The summed E-state index contributed by atoms with van der Waals surface area (Å²) in [4.78, 5) is 134. The van der Waals surface area contributed by atoms with E-state index in [4.69, 9.17) is 43.6 Å². The van der Waals surface area contributed by atoms with Crippen molar-refractivity contribution in [3.63, 3.8) is 0 Å². The number of hydrogen-bond donors (Lipinski definition) is 6. The number of amides is 7. The number of esters is 1. The second-order valence-corrected chi connectivity index (χ2v) is 28.6. The highest BCUT2D eigenvalue weighted by atomic mass is 19.1. The van der Waals surface area contributed by atoms with Gasteiger partial charge in [0.15, 0.2) is 30.1 Å². The first-order chi connectivity index (χ1) is 51.4. The van der Waals surface area contributed by atoms with Crippen molar-refractivity contribution < 1.29 is 99.7 Å². The molecule has 7 N–H and O–H groups in total. The molecule has 0 spiro atoms. The minimum absolute atomic E-state index is 0.00312. The summed E-state index contributed by atoms with van der Waals surface area (Å²) in [6, 6.07) is 20.0. The van der Waals surface area contributed by atoms with Gasteiger partial charge in [-0.2, -0.15) is 0 Å². The molecule has 3 aromatic rings. The fourth-order valence-corrected chi connectivity index (χ4v) is 15.5. The largest absolute Gasteiger partial charge is 0.458 e. The van der Waals surface area contributed by atoms with Gasteiger partial charge >= 0.3 is 18.1 Å². The van der Waals surface area contributed by atoms with E-state index in [2.05, 4.69) is 33.1 Å². The van der Waals surface area contributed by atoms with Crippen LogP contribution in [0.4, 0.5) is 29.7 Å². The third-order valence-electron chi connectivity index (χ3n) is 21.0. The van der Waals surface area contributed by atoms with Crippen LogP contribution in [0.25, 0.3) is 0 Å². The summed E-state index contributed by atoms with van der Waals surface area (Å²) in [6.07, 6.45) is -1.16. The number of ketones is 3. The molecule has 2 aliphatic heterocycles. The normalized spacial score (nSPS) is 24.2. The Bertz CT molecular complexity index is 3790. The van der Waals surface area contributed by atoms with Crippen LogP contribution in [0.5, 0.6) is 0 Å². The van der Waals surface area contributed by atoms with Crippen molar-refractivity contribution in [2.45, 2.75) is 166 Å². The molecule has 4 fully saturated rings. The average Bonchev–Trinajstić information content (AvgIpc) is 1.52. The number of allylic oxidation sites excluding steroid dienone is 4. The zero-order chi connectivity index (χ0) is 76.8. The van der Waals surface area contributed by atoms with Gasteiger partial charge in [-0.3, -0.25) is 38.4 Å². The number of nitrogens with two attached hydrogens (primary N) is 1. The number of fused-ring (bicyclic) bond motifs is 9. The van der Waals surface area contributed by atoms with Crippen molar-refractivity contribution in [1.82, 2.24) is 20.9 Å². The summed E-state index contributed by atoms with van der Waals surface area (Å²) in [5, 5.41) is 22.7. The number of benzene rings is 3. The molecule has 0 radical (unpaired) electrons. The first-order valence-corrected chi connectivity index (χ1v) is 37.0. The molecule has 3 aromatic carbocycles. The summed E-state index contributed by atoms with van der Waals surface area (Å²) in [7, 11) is 1.48. The van der Waals surface area contributed by atoms with Crippen molar-refractivity contribution in [3.05, 3.63) is 119 Å². The number of nitrogens with one attached hydrogen (secondary N) is 4. The molecular formula is C79H101F2N7O19. The number of urea groups is 1. The number of alkyl halides is 2. The number of para-hydroxylation sites is 1. The third kappa shape index (κ3) is 20.9. The van der Waals surface area contributed by atoms with Crippen LogP contribution < -0.4 is 31.9 Å². The van der Waals surface area contributed by atoms with E-state index in [0.29, 0.717) is 62.6 Å². The number of primary amides is 1. The van der Waals surface area contributed by atoms with Gasteiger partial charge in [0.05, 0.1) is 83.3 Å². The Kier molecular flexibility index (Phi) is 29.8. The van der Waals surface area contributed by atoms with Gasteiger partial charge in [-0.05, 0) is 116 Å². The lowest BCUT2D eigenvalue weighted by Crippen LogP contribution is -2.68. The lowest BCUT2D eigenvalue weighted by molar-refractivity contribution is -0.223. The average molecular weight is 1490 g/mol. The summed E-state index contributed by atoms with van der Waals surface area (Å²) in [6.45, 7) is 9.12. The van der Waals surface area contributed by atoms with Crippen LogP contribution in [-0.4, -0.2) is 197 Å². The summed E-state index contributed by atoms with van der Waals surface area (Å²) < 4.78 is 79.6. The number of anilines is 2. The Labute approximate surface area is 622 Å². The van der Waals surface area contributed by atoms with Crippen LogP contribution in [0.15, 0.2) is 96.6 Å². The number of ether oxygens (including phenoxy) is 8. The maximum absolute atomic E-state index is 17.5. The lowest BCUT2D eigenvalue weighted by atomic mass is 9.48. The minimum atomic E-state index is -2.32. The van der Waals surface area contributed by atoms with Crippen molar-refractivity contribution in [2.75, 3.05) is 96.4 Å². The number of carbonyl (C=O) groups excluding carboxylic acids is 10. The van der Waals surface area contributed by atoms with Gasteiger partial charge in [0.25, 0.3) is 0 Å². The molecule has 0 aromatic heterocycles. The zero-order valence-electron chi connectivity index (χ0n) is 61.5. The smallest absolute Gasteiger partial charge is 0.409 e. The Morgan fingerprint density at radius 2 is 1.48 bits per heavy atom. The number of carbonyl (C=O) groups is 10. The number of Topliss-reactive ketones (excluding diaryl/α,β-unsaturated/α-hetero) is 2. The number of aliphatic hydroxyl groups is 1. The number of rotatable bonds is 40. The molecule has 2 unspecified atom stereocenters. The number of hydrogen-bond acceptors (Lipinski definition) is 19. The SMILES string of the molecule is CCCC1O[C@@H]2C[C@H]3[C@@H]4C[C@H](F)C5=CC(=O)C=CC5[C@@]4(F)[C@@H](O)C[C@]3(C)[C@]2(C(=O)COC(=O)CCCN(C)C(=O)OCc2ccc(NC(=O)[C@H](CCCNC(N)=O)CC(=O)[C@@H](NC(=O)CCOCCOCCOCCOCCNC(=O)CCC(=O)N3Cc4ccccc4C#Cc4ccccc43)C(C)C)cc2)O1. The molecule has 12 atom stereocenters. The predicted octanol–water partition coefficient (Wildman–Crippen LogP) is 7.37. The highest BCUT2D eigenvalue weighted by Gasteiger charge is 2.78. The molecule has 1 saturated heterocycles. The summed E-state index contributed by atoms with van der Waals surface area (Å²) >= 11 is 0. The van der Waals surface area contributed by atoms with Crippen molar-refractivity contribution >= 4 is 70.4 Å². The molecule has 3 saturated carbocycles. The van der Waals surface area contributed by atoms with Crippen LogP contribution in [0.3, 0.4) is 0 Å². The molecular weight excluding hydrogens is 1390 g/mol. The van der Waals surface area contributed by atoms with E-state index < -0.39 is 119 Å². The Morgan fingerprint density at radius 1 is 0.794 bits per heavy atom. The second-order valence-electron chi connectivity index (χ2n) is 28.6. The first-order valence-electron chi connectivity index (χ1n) is 37.0. The monoisotopic (exact) mass is 1490 g/mol. The highest BCUT2D eigenvalue weighted by Crippen LogP contribution is 2.70. The van der Waals surface area contributed by atoms with Crippen LogP contribution in [0.1, 0.15) is 133 Å². The van der Waals surface area contributed by atoms with Crippen LogP contribution in [-0.2, 0) is 89.4 Å². The van der Waals surface area contributed by atoms with E-state index in [1.807, 2.05) is 55.5 Å². The van der Waals surface area contributed by atoms with Crippen molar-refractivity contribution in [1.29, 1.82) is 0 Å². The topological polar surface area (TPSA) is 345 Å². The van der Waals surface area contributed by atoms with E-state index in [-0.39, 0.29) is 153 Å². The van der Waals surface area contributed by atoms with Gasteiger partial charge in [-0.15, -0.1) is 0 Å². The molecule has 2 heterocycles. The fourth-order valence-electron chi connectivity index (χ4n) is 15.5. The maximum atomic E-state index is 17.5. The number of halogens is 2. The minimum Gasteiger partial charge on any atom is -0.458 e. The van der Waals surface area contributed by atoms with Crippen LogP contribution in [0, 0.1) is 46.8 Å². The summed E-state index contributed by atoms with van der Waals surface area (Å²) in [5.41, 5.74) is 4.14. The second kappa shape index (κ2) is 38.8. The predicted molar refractivity (Wildman–Crippen MR) is 387 cm³/mol. The van der Waals surface area contributed by atoms with Gasteiger partial charge in [0.1, 0.15) is 18.4 Å². The molecule has 4 aliphatic carbocycles. The highest BCUT2D eigenvalue weighted by molar-refractivity contribution is 6.01. The van der Waals surface area contributed by atoms with E-state index in [0.717, 1.165) is 22.8 Å². The molecule has 9 rings (SSSR count). The maximum Gasteiger partial charge on any atom is 0.409 e.